The lowest BCUT2D eigenvalue weighted by molar-refractivity contribution is -0.120. The predicted octanol–water partition coefficient (Wildman–Crippen LogP) is 3.18. The van der Waals surface area contributed by atoms with Crippen LogP contribution in [0.1, 0.15) is 19.4 Å². The van der Waals surface area contributed by atoms with Gasteiger partial charge in [0.25, 0.3) is 0 Å². The number of hydrogen-bond donors (Lipinski definition) is 1. The first-order chi connectivity index (χ1) is 8.35. The third-order valence-corrected chi connectivity index (χ3v) is 2.64. The molecule has 0 aliphatic heterocycles. The fourth-order valence-corrected chi connectivity index (χ4v) is 1.87. The highest BCUT2D eigenvalue weighted by molar-refractivity contribution is 5.54. The summed E-state index contributed by atoms with van der Waals surface area (Å²) in [4.78, 5) is 1.38. The van der Waals surface area contributed by atoms with E-state index in [0.29, 0.717) is 12.2 Å². The Morgan fingerprint density at radius 1 is 1.22 bits per heavy atom. The van der Waals surface area contributed by atoms with Crippen molar-refractivity contribution in [2.24, 2.45) is 0 Å². The Kier molecular flexibility index (Phi) is 5.02. The summed E-state index contributed by atoms with van der Waals surface area (Å²) in [5.41, 5.74) is 1.51. The second-order valence-electron chi connectivity index (χ2n) is 4.50. The van der Waals surface area contributed by atoms with Crippen molar-refractivity contribution in [3.63, 3.8) is 0 Å². The second-order valence-corrected chi connectivity index (χ2v) is 4.50. The minimum absolute atomic E-state index is 0.204. The molecule has 0 bridgehead atoms. The van der Waals surface area contributed by atoms with E-state index in [2.05, 4.69) is 5.32 Å². The Bertz CT molecular complexity index is 375. The van der Waals surface area contributed by atoms with Crippen LogP contribution in [0.25, 0.3) is 0 Å². The first-order valence-electron chi connectivity index (χ1n) is 5.91. The molecule has 0 aromatic heterocycles. The van der Waals surface area contributed by atoms with Crippen LogP contribution < -0.4 is 10.2 Å². The molecule has 18 heavy (non-hydrogen) atoms. The van der Waals surface area contributed by atoms with Gasteiger partial charge in [0.05, 0.1) is 0 Å². The summed E-state index contributed by atoms with van der Waals surface area (Å²) in [6, 6.07) is 6.98. The van der Waals surface area contributed by atoms with E-state index in [9.17, 15) is 13.2 Å². The van der Waals surface area contributed by atoms with Crippen LogP contribution in [0.15, 0.2) is 24.3 Å². The summed E-state index contributed by atoms with van der Waals surface area (Å²) in [6.45, 7) is 3.16. The van der Waals surface area contributed by atoms with Crippen LogP contribution in [0.2, 0.25) is 0 Å². The Morgan fingerprint density at radius 2 is 1.83 bits per heavy atom. The molecule has 0 unspecified atom stereocenters. The van der Waals surface area contributed by atoms with Crippen LogP contribution in [-0.4, -0.2) is 25.8 Å². The van der Waals surface area contributed by atoms with E-state index in [1.807, 2.05) is 12.1 Å². The van der Waals surface area contributed by atoms with Crippen molar-refractivity contribution in [1.82, 2.24) is 5.32 Å². The van der Waals surface area contributed by atoms with Gasteiger partial charge in [0.2, 0.25) is 0 Å². The Morgan fingerprint density at radius 3 is 2.33 bits per heavy atom. The maximum atomic E-state index is 12.6. The van der Waals surface area contributed by atoms with Crippen LogP contribution in [0.5, 0.6) is 0 Å². The molecule has 2 nitrogen and oxygen atoms in total. The van der Waals surface area contributed by atoms with Gasteiger partial charge < -0.3 is 10.2 Å². The average molecular weight is 260 g/mol. The molecular weight excluding hydrogens is 241 g/mol. The molecule has 0 aliphatic rings. The van der Waals surface area contributed by atoms with E-state index < -0.39 is 12.7 Å². The number of rotatable bonds is 5. The van der Waals surface area contributed by atoms with E-state index in [4.69, 9.17) is 0 Å². The molecule has 102 valence electrons. The van der Waals surface area contributed by atoms with E-state index in [-0.39, 0.29) is 6.04 Å². The van der Waals surface area contributed by atoms with Gasteiger partial charge in [-0.3, -0.25) is 0 Å². The molecule has 0 radical (unpaired) electrons. The number of alkyl halides is 3. The number of hydrogen-bond acceptors (Lipinski definition) is 2. The fourth-order valence-electron chi connectivity index (χ4n) is 1.87. The van der Waals surface area contributed by atoms with Gasteiger partial charge in [-0.15, -0.1) is 0 Å². The van der Waals surface area contributed by atoms with Gasteiger partial charge in [-0.2, -0.15) is 13.2 Å². The minimum Gasteiger partial charge on any atom is -0.360 e. The van der Waals surface area contributed by atoms with Gasteiger partial charge in [-0.1, -0.05) is 18.2 Å². The lowest BCUT2D eigenvalue weighted by atomic mass is 10.1. The maximum Gasteiger partial charge on any atom is 0.405 e. The minimum atomic E-state index is -4.20. The zero-order valence-corrected chi connectivity index (χ0v) is 10.9. The van der Waals surface area contributed by atoms with Crippen LogP contribution in [0, 0.1) is 0 Å². The Balaban J connectivity index is 3.05. The first kappa shape index (κ1) is 14.8. The lowest BCUT2D eigenvalue weighted by Crippen LogP contribution is -2.39. The second kappa shape index (κ2) is 6.09. The monoisotopic (exact) mass is 260 g/mol. The predicted molar refractivity (Wildman–Crippen MR) is 67.7 cm³/mol. The van der Waals surface area contributed by atoms with Gasteiger partial charge in [0, 0.05) is 18.3 Å². The van der Waals surface area contributed by atoms with E-state index >= 15 is 0 Å². The van der Waals surface area contributed by atoms with Crippen molar-refractivity contribution < 1.29 is 13.2 Å². The van der Waals surface area contributed by atoms with Crippen LogP contribution >= 0.6 is 0 Å². The lowest BCUT2D eigenvalue weighted by Gasteiger charge is -2.31. The molecule has 1 aromatic rings. The summed E-state index contributed by atoms with van der Waals surface area (Å²) >= 11 is 0. The largest absolute Gasteiger partial charge is 0.405 e. The number of nitrogens with zero attached hydrogens (tertiary/aromatic N) is 1. The molecule has 5 heteroatoms. The zero-order valence-electron chi connectivity index (χ0n) is 10.9. The van der Waals surface area contributed by atoms with E-state index in [1.165, 1.54) is 4.90 Å². The molecule has 0 spiro atoms. The van der Waals surface area contributed by atoms with Gasteiger partial charge in [0.1, 0.15) is 6.54 Å². The molecule has 1 rings (SSSR count). The fraction of sp³-hybridized carbons (Fsp3) is 0.538. The summed E-state index contributed by atoms with van der Waals surface area (Å²) in [7, 11) is 1.78. The molecule has 0 fully saturated rings. The van der Waals surface area contributed by atoms with Crippen LogP contribution in [0.3, 0.4) is 0 Å². The SMILES string of the molecule is CNCc1ccccc1N(CC(F)(F)F)C(C)C. The summed E-state index contributed by atoms with van der Waals surface area (Å²) in [5.74, 6) is 0. The standard InChI is InChI=1S/C13H19F3N2/c1-10(2)18(9-13(14,15)16)12-7-5-4-6-11(12)8-17-3/h4-7,10,17H,8-9H2,1-3H3. The third-order valence-electron chi connectivity index (χ3n) is 2.64. The highest BCUT2D eigenvalue weighted by Gasteiger charge is 2.32. The number of halogens is 3. The van der Waals surface area contributed by atoms with Crippen molar-refractivity contribution in [3.05, 3.63) is 29.8 Å². The van der Waals surface area contributed by atoms with Crippen LogP contribution in [-0.2, 0) is 6.54 Å². The molecule has 1 N–H and O–H groups in total. The Hall–Kier alpha value is -1.23. The van der Waals surface area contributed by atoms with Crippen molar-refractivity contribution in [2.75, 3.05) is 18.5 Å². The van der Waals surface area contributed by atoms with Gasteiger partial charge >= 0.3 is 6.18 Å². The zero-order chi connectivity index (χ0) is 13.8. The van der Waals surface area contributed by atoms with Crippen molar-refractivity contribution in [3.8, 4) is 0 Å². The number of para-hydroxylation sites is 1. The third kappa shape index (κ3) is 4.22. The number of nitrogens with one attached hydrogen (secondary N) is 1. The molecule has 0 saturated heterocycles. The summed E-state index contributed by atoms with van der Waals surface area (Å²) in [5, 5.41) is 2.97. The molecule has 0 amide bonds. The molecular formula is C13H19F3N2. The van der Waals surface area contributed by atoms with Gasteiger partial charge in [-0.25, -0.2) is 0 Å². The number of benzene rings is 1. The van der Waals surface area contributed by atoms with Gasteiger partial charge in [0.15, 0.2) is 0 Å². The van der Waals surface area contributed by atoms with Crippen LogP contribution in [0.4, 0.5) is 18.9 Å². The van der Waals surface area contributed by atoms with Crippen molar-refractivity contribution in [1.29, 1.82) is 0 Å². The normalized spacial score (nSPS) is 11.9. The average Bonchev–Trinajstić information content (AvgIpc) is 2.26. The van der Waals surface area contributed by atoms with Crippen molar-refractivity contribution in [2.45, 2.75) is 32.6 Å². The molecule has 0 heterocycles. The molecule has 0 saturated carbocycles. The Labute approximate surface area is 106 Å². The van der Waals surface area contributed by atoms with E-state index in [1.54, 1.807) is 33.0 Å². The van der Waals surface area contributed by atoms with Gasteiger partial charge in [-0.05, 0) is 32.5 Å². The quantitative estimate of drug-likeness (QED) is 0.874. The highest BCUT2D eigenvalue weighted by Crippen LogP contribution is 2.27. The summed E-state index contributed by atoms with van der Waals surface area (Å²) < 4.78 is 37.8. The maximum absolute atomic E-state index is 12.6. The highest BCUT2D eigenvalue weighted by atomic mass is 19.4. The first-order valence-corrected chi connectivity index (χ1v) is 5.91. The summed E-state index contributed by atoms with van der Waals surface area (Å²) in [6.07, 6.45) is -4.20. The molecule has 0 aliphatic carbocycles. The smallest absolute Gasteiger partial charge is 0.360 e. The molecule has 0 atom stereocenters. The van der Waals surface area contributed by atoms with E-state index in [0.717, 1.165) is 5.56 Å². The van der Waals surface area contributed by atoms with Crippen molar-refractivity contribution >= 4 is 5.69 Å². The molecule has 1 aromatic carbocycles. The number of anilines is 1. The topological polar surface area (TPSA) is 15.3 Å².